The molecule has 0 N–H and O–H groups in total. The third kappa shape index (κ3) is 5.45. The van der Waals surface area contributed by atoms with Gasteiger partial charge in [0, 0.05) is 64.7 Å². The van der Waals surface area contributed by atoms with Gasteiger partial charge in [-0.1, -0.05) is 0 Å². The summed E-state index contributed by atoms with van der Waals surface area (Å²) in [5, 5.41) is 0. The number of benzene rings is 1. The summed E-state index contributed by atoms with van der Waals surface area (Å²) in [6, 6.07) is 5.66. The molecule has 2 heterocycles. The lowest BCUT2D eigenvalue weighted by Gasteiger charge is -2.36. The fourth-order valence-corrected chi connectivity index (χ4v) is 4.35. The molecule has 1 aromatic rings. The van der Waals surface area contributed by atoms with Crippen molar-refractivity contribution in [2.45, 2.75) is 57.6 Å². The number of piperidine rings is 2. The normalized spacial score (nSPS) is 20.2. The van der Waals surface area contributed by atoms with E-state index in [2.05, 4.69) is 0 Å². The van der Waals surface area contributed by atoms with Gasteiger partial charge < -0.3 is 24.0 Å². The van der Waals surface area contributed by atoms with Crippen molar-refractivity contribution in [1.29, 1.82) is 0 Å². The monoisotopic (exact) mass is 418 g/mol. The van der Waals surface area contributed by atoms with Crippen LogP contribution in [0.1, 0.15) is 55.8 Å². The van der Waals surface area contributed by atoms with Crippen molar-refractivity contribution >= 4 is 11.8 Å². The smallest absolute Gasteiger partial charge is 0.254 e. The molecule has 7 nitrogen and oxygen atoms in total. The zero-order chi connectivity index (χ0) is 21.5. The molecule has 3 rings (SSSR count). The van der Waals surface area contributed by atoms with Crippen molar-refractivity contribution in [3.8, 4) is 11.5 Å². The number of amides is 2. The Balaban J connectivity index is 1.67. The maximum Gasteiger partial charge on any atom is 0.254 e. The molecular formula is C23H34N2O5. The van der Waals surface area contributed by atoms with Gasteiger partial charge in [0.05, 0.1) is 7.11 Å². The third-order valence-electron chi connectivity index (χ3n) is 6.13. The summed E-state index contributed by atoms with van der Waals surface area (Å²) in [5.74, 6) is 1.36. The average molecular weight is 419 g/mol. The minimum Gasteiger partial charge on any atom is -0.493 e. The molecular weight excluding hydrogens is 384 g/mol. The van der Waals surface area contributed by atoms with Gasteiger partial charge in [-0.25, -0.2) is 0 Å². The highest BCUT2D eigenvalue weighted by atomic mass is 16.5. The molecule has 166 valence electrons. The fraction of sp³-hybridized carbons (Fsp3) is 0.652. The van der Waals surface area contributed by atoms with Crippen LogP contribution in [-0.2, 0) is 9.53 Å². The highest BCUT2D eigenvalue weighted by Crippen LogP contribution is 2.32. The largest absolute Gasteiger partial charge is 0.493 e. The van der Waals surface area contributed by atoms with Crippen LogP contribution in [0.2, 0.25) is 0 Å². The number of carbonyl (C=O) groups is 2. The lowest BCUT2D eigenvalue weighted by atomic mass is 9.98. The van der Waals surface area contributed by atoms with E-state index in [1.54, 1.807) is 27.2 Å². The number of hydrogen-bond acceptors (Lipinski definition) is 5. The van der Waals surface area contributed by atoms with E-state index in [4.69, 9.17) is 14.2 Å². The topological polar surface area (TPSA) is 68.3 Å². The molecule has 7 heteroatoms. The zero-order valence-corrected chi connectivity index (χ0v) is 18.4. The van der Waals surface area contributed by atoms with Gasteiger partial charge >= 0.3 is 0 Å². The van der Waals surface area contributed by atoms with E-state index in [9.17, 15) is 9.59 Å². The maximum atomic E-state index is 13.2. The Bertz CT molecular complexity index is 730. The second kappa shape index (κ2) is 10.7. The molecule has 2 saturated heterocycles. The van der Waals surface area contributed by atoms with E-state index < -0.39 is 0 Å². The van der Waals surface area contributed by atoms with Crippen molar-refractivity contribution in [2.75, 3.05) is 40.5 Å². The maximum absolute atomic E-state index is 13.2. The highest BCUT2D eigenvalue weighted by Gasteiger charge is 2.28. The van der Waals surface area contributed by atoms with Gasteiger partial charge in [-0.05, 0) is 43.9 Å². The molecule has 30 heavy (non-hydrogen) atoms. The van der Waals surface area contributed by atoms with Crippen LogP contribution in [-0.4, -0.2) is 74.2 Å². The van der Waals surface area contributed by atoms with Crippen LogP contribution < -0.4 is 9.47 Å². The van der Waals surface area contributed by atoms with Crippen molar-refractivity contribution in [1.82, 2.24) is 9.80 Å². The Morgan fingerprint density at radius 1 is 1.03 bits per heavy atom. The molecule has 1 aromatic carbocycles. The lowest BCUT2D eigenvalue weighted by molar-refractivity contribution is -0.130. The standard InChI is InChI=1S/C23H34N2O5/c1-17(26)24-13-9-20(10-14-24)30-21-8-7-18(16-22(21)29-3)23(27)25-12-5-4-6-19(25)11-15-28-2/h7-8,16,19-20H,4-6,9-15H2,1-3H3. The Kier molecular flexibility index (Phi) is 7.96. The summed E-state index contributed by atoms with van der Waals surface area (Å²) in [6.07, 6.45) is 5.68. The molecule has 0 radical (unpaired) electrons. The van der Waals surface area contributed by atoms with E-state index in [1.165, 1.54) is 0 Å². The molecule has 2 aliphatic heterocycles. The molecule has 0 spiro atoms. The van der Waals surface area contributed by atoms with E-state index in [-0.39, 0.29) is 24.0 Å². The SMILES string of the molecule is COCCC1CCCCN1C(=O)c1ccc(OC2CCN(C(C)=O)CC2)c(OC)c1. The number of carbonyl (C=O) groups excluding carboxylic acids is 2. The molecule has 0 bridgehead atoms. The van der Waals surface area contributed by atoms with E-state index >= 15 is 0 Å². The van der Waals surface area contributed by atoms with E-state index in [1.807, 2.05) is 21.9 Å². The molecule has 0 saturated carbocycles. The molecule has 1 atom stereocenters. The third-order valence-corrected chi connectivity index (χ3v) is 6.13. The fourth-order valence-electron chi connectivity index (χ4n) is 4.35. The number of likely N-dealkylation sites (tertiary alicyclic amines) is 2. The van der Waals surface area contributed by atoms with Gasteiger partial charge in [0.2, 0.25) is 5.91 Å². The van der Waals surface area contributed by atoms with Gasteiger partial charge in [0.25, 0.3) is 5.91 Å². The van der Waals surface area contributed by atoms with Gasteiger partial charge in [-0.2, -0.15) is 0 Å². The summed E-state index contributed by atoms with van der Waals surface area (Å²) in [6.45, 7) is 4.45. The zero-order valence-electron chi connectivity index (χ0n) is 18.4. The Morgan fingerprint density at radius 3 is 2.47 bits per heavy atom. The van der Waals surface area contributed by atoms with Crippen LogP contribution >= 0.6 is 0 Å². The highest BCUT2D eigenvalue weighted by molar-refractivity contribution is 5.95. The first-order chi connectivity index (χ1) is 14.5. The van der Waals surface area contributed by atoms with Crippen LogP contribution in [0.3, 0.4) is 0 Å². The van der Waals surface area contributed by atoms with E-state index in [0.717, 1.165) is 45.1 Å². The average Bonchev–Trinajstić information content (AvgIpc) is 2.78. The van der Waals surface area contributed by atoms with Gasteiger partial charge in [-0.15, -0.1) is 0 Å². The molecule has 1 unspecified atom stereocenters. The Labute approximate surface area is 179 Å². The van der Waals surface area contributed by atoms with Gasteiger partial charge in [0.1, 0.15) is 6.10 Å². The first-order valence-electron chi connectivity index (χ1n) is 10.9. The number of ether oxygens (including phenoxy) is 3. The van der Waals surface area contributed by atoms with Crippen LogP contribution in [0.5, 0.6) is 11.5 Å². The molecule has 2 aliphatic rings. The second-order valence-electron chi connectivity index (χ2n) is 8.12. The number of rotatable bonds is 7. The Morgan fingerprint density at radius 2 is 1.80 bits per heavy atom. The number of nitrogens with zero attached hydrogens (tertiary/aromatic N) is 2. The molecule has 0 aromatic heterocycles. The van der Waals surface area contributed by atoms with Gasteiger partial charge in [0.15, 0.2) is 11.5 Å². The second-order valence-corrected chi connectivity index (χ2v) is 8.12. The van der Waals surface area contributed by atoms with Crippen molar-refractivity contribution in [3.63, 3.8) is 0 Å². The predicted octanol–water partition coefficient (Wildman–Crippen LogP) is 3.12. The van der Waals surface area contributed by atoms with Crippen LogP contribution in [0.15, 0.2) is 18.2 Å². The minimum atomic E-state index is 0.0374. The predicted molar refractivity (Wildman–Crippen MR) is 114 cm³/mol. The Hall–Kier alpha value is -2.28. The summed E-state index contributed by atoms with van der Waals surface area (Å²) in [4.78, 5) is 28.5. The summed E-state index contributed by atoms with van der Waals surface area (Å²) in [7, 11) is 3.29. The summed E-state index contributed by atoms with van der Waals surface area (Å²) in [5.41, 5.74) is 0.620. The number of methoxy groups -OCH3 is 2. The summed E-state index contributed by atoms with van der Waals surface area (Å²) >= 11 is 0. The first kappa shape index (κ1) is 22.4. The lowest BCUT2D eigenvalue weighted by Crippen LogP contribution is -2.44. The van der Waals surface area contributed by atoms with Crippen molar-refractivity contribution in [3.05, 3.63) is 23.8 Å². The van der Waals surface area contributed by atoms with Crippen molar-refractivity contribution < 1.29 is 23.8 Å². The van der Waals surface area contributed by atoms with Crippen LogP contribution in [0.25, 0.3) is 0 Å². The molecule has 0 aliphatic carbocycles. The van der Waals surface area contributed by atoms with Crippen molar-refractivity contribution in [2.24, 2.45) is 0 Å². The molecule has 2 fully saturated rings. The van der Waals surface area contributed by atoms with Crippen LogP contribution in [0.4, 0.5) is 0 Å². The van der Waals surface area contributed by atoms with Gasteiger partial charge in [-0.3, -0.25) is 9.59 Å². The molecule has 2 amide bonds. The number of hydrogen-bond donors (Lipinski definition) is 0. The van der Waals surface area contributed by atoms with E-state index in [0.29, 0.717) is 36.8 Å². The quantitative estimate of drug-likeness (QED) is 0.681. The first-order valence-corrected chi connectivity index (χ1v) is 10.9. The van der Waals surface area contributed by atoms with Crippen LogP contribution in [0, 0.1) is 0 Å². The minimum absolute atomic E-state index is 0.0374. The summed E-state index contributed by atoms with van der Waals surface area (Å²) < 4.78 is 16.9.